The first-order valence-corrected chi connectivity index (χ1v) is 7.59. The Hall–Kier alpha value is -1.80. The van der Waals surface area contributed by atoms with E-state index >= 15 is 0 Å². The van der Waals surface area contributed by atoms with E-state index in [1.54, 1.807) is 14.2 Å². The van der Waals surface area contributed by atoms with Crippen molar-refractivity contribution in [3.05, 3.63) is 24.3 Å². The van der Waals surface area contributed by atoms with Crippen molar-refractivity contribution >= 4 is 39.8 Å². The monoisotopic (exact) mass is 310 g/mol. The van der Waals surface area contributed by atoms with Crippen LogP contribution in [0.15, 0.2) is 28.6 Å². The van der Waals surface area contributed by atoms with E-state index in [0.29, 0.717) is 10.9 Å². The molecular formula is C12H14N4O2S2. The highest BCUT2D eigenvalue weighted by Gasteiger charge is 2.07. The number of carbonyl (C=O) groups is 1. The van der Waals surface area contributed by atoms with Crippen LogP contribution in [0, 0.1) is 0 Å². The van der Waals surface area contributed by atoms with E-state index in [9.17, 15) is 4.79 Å². The van der Waals surface area contributed by atoms with Gasteiger partial charge < -0.3 is 15.4 Å². The molecule has 1 amide bonds. The number of rotatable bonds is 6. The zero-order chi connectivity index (χ0) is 14.4. The second-order valence-electron chi connectivity index (χ2n) is 3.69. The summed E-state index contributed by atoms with van der Waals surface area (Å²) in [5.74, 6) is 1.07. The SMILES string of the molecule is CNC(=O)CSc1nnc(Nc2cccc(OC)c2)s1. The average Bonchev–Trinajstić information content (AvgIpc) is 2.92. The van der Waals surface area contributed by atoms with Gasteiger partial charge in [0.1, 0.15) is 5.75 Å². The van der Waals surface area contributed by atoms with Crippen LogP contribution in [0.25, 0.3) is 0 Å². The van der Waals surface area contributed by atoms with Crippen LogP contribution >= 0.6 is 23.1 Å². The number of amides is 1. The molecule has 1 aromatic heterocycles. The van der Waals surface area contributed by atoms with Gasteiger partial charge in [-0.05, 0) is 12.1 Å². The van der Waals surface area contributed by atoms with Gasteiger partial charge >= 0.3 is 0 Å². The number of carbonyl (C=O) groups excluding carboxylic acids is 1. The molecular weight excluding hydrogens is 296 g/mol. The summed E-state index contributed by atoms with van der Waals surface area (Å²) in [5.41, 5.74) is 0.878. The molecule has 0 aliphatic heterocycles. The Morgan fingerprint density at radius 2 is 2.30 bits per heavy atom. The van der Waals surface area contributed by atoms with Gasteiger partial charge in [-0.2, -0.15) is 0 Å². The van der Waals surface area contributed by atoms with E-state index in [1.807, 2.05) is 24.3 Å². The third-order valence-electron chi connectivity index (χ3n) is 2.33. The third kappa shape index (κ3) is 4.10. The van der Waals surface area contributed by atoms with E-state index in [1.165, 1.54) is 23.1 Å². The number of thioether (sulfide) groups is 1. The Kier molecular flexibility index (Phi) is 5.19. The molecule has 0 aliphatic carbocycles. The van der Waals surface area contributed by atoms with Gasteiger partial charge in [-0.3, -0.25) is 4.79 Å². The van der Waals surface area contributed by atoms with E-state index in [4.69, 9.17) is 4.74 Å². The maximum Gasteiger partial charge on any atom is 0.230 e. The van der Waals surface area contributed by atoms with Crippen LogP contribution in [0.5, 0.6) is 5.75 Å². The number of methoxy groups -OCH3 is 1. The standard InChI is InChI=1S/C12H14N4O2S2/c1-13-10(17)7-19-12-16-15-11(20-12)14-8-4-3-5-9(6-8)18-2/h3-6H,7H2,1-2H3,(H,13,17)(H,14,15). The van der Waals surface area contributed by atoms with Crippen LogP contribution in [0.3, 0.4) is 0 Å². The number of aromatic nitrogens is 2. The van der Waals surface area contributed by atoms with Crippen molar-refractivity contribution in [3.63, 3.8) is 0 Å². The normalized spacial score (nSPS) is 10.1. The summed E-state index contributed by atoms with van der Waals surface area (Å²) in [4.78, 5) is 11.1. The minimum absolute atomic E-state index is 0.0347. The molecule has 0 radical (unpaired) electrons. The molecule has 1 heterocycles. The van der Waals surface area contributed by atoms with Gasteiger partial charge in [0.2, 0.25) is 11.0 Å². The summed E-state index contributed by atoms with van der Waals surface area (Å²) in [6, 6.07) is 7.55. The molecule has 1 aromatic carbocycles. The second-order valence-corrected chi connectivity index (χ2v) is 5.89. The first kappa shape index (κ1) is 14.6. The molecule has 0 spiro atoms. The maximum absolute atomic E-state index is 11.1. The summed E-state index contributed by atoms with van der Waals surface area (Å²) >= 11 is 2.76. The molecule has 2 aromatic rings. The van der Waals surface area contributed by atoms with Crippen LogP contribution in [0.4, 0.5) is 10.8 Å². The highest BCUT2D eigenvalue weighted by Crippen LogP contribution is 2.28. The van der Waals surface area contributed by atoms with Crippen LogP contribution in [-0.2, 0) is 4.79 Å². The van der Waals surface area contributed by atoms with Crippen molar-refractivity contribution < 1.29 is 9.53 Å². The zero-order valence-electron chi connectivity index (χ0n) is 11.0. The Labute approximate surface area is 124 Å². The van der Waals surface area contributed by atoms with Gasteiger partial charge in [0, 0.05) is 18.8 Å². The Bertz CT molecular complexity index is 588. The van der Waals surface area contributed by atoms with E-state index in [0.717, 1.165) is 15.8 Å². The molecule has 2 rings (SSSR count). The molecule has 0 unspecified atom stereocenters. The lowest BCUT2D eigenvalue weighted by atomic mass is 10.3. The van der Waals surface area contributed by atoms with Gasteiger partial charge in [-0.1, -0.05) is 29.2 Å². The van der Waals surface area contributed by atoms with Crippen LogP contribution in [-0.4, -0.2) is 36.0 Å². The summed E-state index contributed by atoms with van der Waals surface area (Å²) in [5, 5.41) is 14.4. The lowest BCUT2D eigenvalue weighted by molar-refractivity contribution is -0.118. The van der Waals surface area contributed by atoms with E-state index < -0.39 is 0 Å². The minimum Gasteiger partial charge on any atom is -0.497 e. The molecule has 2 N–H and O–H groups in total. The van der Waals surface area contributed by atoms with E-state index in [2.05, 4.69) is 20.8 Å². The molecule has 0 aliphatic rings. The van der Waals surface area contributed by atoms with Gasteiger partial charge in [-0.25, -0.2) is 0 Å². The highest BCUT2D eigenvalue weighted by atomic mass is 32.2. The number of ether oxygens (including phenoxy) is 1. The largest absolute Gasteiger partial charge is 0.497 e. The Morgan fingerprint density at radius 3 is 3.05 bits per heavy atom. The average molecular weight is 310 g/mol. The fraction of sp³-hybridized carbons (Fsp3) is 0.250. The molecule has 8 heteroatoms. The zero-order valence-corrected chi connectivity index (χ0v) is 12.7. The maximum atomic E-state index is 11.1. The first-order chi connectivity index (χ1) is 9.71. The lowest BCUT2D eigenvalue weighted by Crippen LogP contribution is -2.19. The van der Waals surface area contributed by atoms with Gasteiger partial charge in [0.15, 0.2) is 4.34 Å². The molecule has 106 valence electrons. The first-order valence-electron chi connectivity index (χ1n) is 5.79. The summed E-state index contributed by atoms with van der Waals surface area (Å²) in [6.45, 7) is 0. The molecule has 0 saturated carbocycles. The van der Waals surface area contributed by atoms with Crippen molar-refractivity contribution in [1.82, 2.24) is 15.5 Å². The van der Waals surface area contributed by atoms with Crippen LogP contribution < -0.4 is 15.4 Å². The topological polar surface area (TPSA) is 76.1 Å². The van der Waals surface area contributed by atoms with Crippen molar-refractivity contribution in [2.45, 2.75) is 4.34 Å². The number of nitrogens with one attached hydrogen (secondary N) is 2. The number of hydrogen-bond donors (Lipinski definition) is 2. The molecule has 0 saturated heterocycles. The summed E-state index contributed by atoms with van der Waals surface area (Å²) < 4.78 is 5.90. The number of nitrogens with zero attached hydrogens (tertiary/aromatic N) is 2. The molecule has 0 bridgehead atoms. The van der Waals surface area contributed by atoms with E-state index in [-0.39, 0.29) is 5.91 Å². The minimum atomic E-state index is -0.0347. The van der Waals surface area contributed by atoms with Gasteiger partial charge in [-0.15, -0.1) is 10.2 Å². The van der Waals surface area contributed by atoms with Crippen LogP contribution in [0.2, 0.25) is 0 Å². The smallest absolute Gasteiger partial charge is 0.230 e. The van der Waals surface area contributed by atoms with Crippen molar-refractivity contribution in [2.24, 2.45) is 0 Å². The fourth-order valence-electron chi connectivity index (χ4n) is 1.34. The second kappa shape index (κ2) is 7.11. The molecule has 0 fully saturated rings. The van der Waals surface area contributed by atoms with Crippen molar-refractivity contribution in [3.8, 4) is 5.75 Å². The molecule has 6 nitrogen and oxygen atoms in total. The van der Waals surface area contributed by atoms with Gasteiger partial charge in [0.05, 0.1) is 12.9 Å². The van der Waals surface area contributed by atoms with Crippen molar-refractivity contribution in [2.75, 3.05) is 25.2 Å². The third-order valence-corrected chi connectivity index (χ3v) is 4.31. The predicted molar refractivity (Wildman–Crippen MR) is 81.0 cm³/mol. The predicted octanol–water partition coefficient (Wildman–Crippen LogP) is 2.13. The van der Waals surface area contributed by atoms with Crippen molar-refractivity contribution in [1.29, 1.82) is 0 Å². The molecule has 20 heavy (non-hydrogen) atoms. The fourth-order valence-corrected chi connectivity index (χ4v) is 2.99. The summed E-state index contributed by atoms with van der Waals surface area (Å²) in [6.07, 6.45) is 0. The highest BCUT2D eigenvalue weighted by molar-refractivity contribution is 8.01. The lowest BCUT2D eigenvalue weighted by Gasteiger charge is -2.04. The molecule has 0 atom stereocenters. The van der Waals surface area contributed by atoms with Gasteiger partial charge in [0.25, 0.3) is 0 Å². The van der Waals surface area contributed by atoms with Crippen LogP contribution in [0.1, 0.15) is 0 Å². The Morgan fingerprint density at radius 1 is 1.45 bits per heavy atom. The number of benzene rings is 1. The Balaban J connectivity index is 1.96. The summed E-state index contributed by atoms with van der Waals surface area (Å²) in [7, 11) is 3.23. The quantitative estimate of drug-likeness (QED) is 0.796. The number of anilines is 2. The number of hydrogen-bond acceptors (Lipinski definition) is 7.